The minimum atomic E-state index is -4.71. The summed E-state index contributed by atoms with van der Waals surface area (Å²) in [6, 6.07) is 15.9. The number of para-hydroxylation sites is 1. The molecule has 1 aromatic heterocycles. The molecule has 3 aromatic rings. The molecule has 0 radical (unpaired) electrons. The molecule has 0 aliphatic heterocycles. The fourth-order valence-corrected chi connectivity index (χ4v) is 2.41. The van der Waals surface area contributed by atoms with Gasteiger partial charge in [-0.05, 0) is 11.6 Å². The molecule has 2 nitrogen and oxygen atoms in total. The molecule has 21 heavy (non-hydrogen) atoms. The van der Waals surface area contributed by atoms with Crippen LogP contribution in [0.2, 0.25) is 0 Å². The maximum atomic E-state index is 12.8. The molecule has 2 aromatic carbocycles. The van der Waals surface area contributed by atoms with Crippen LogP contribution in [0.4, 0.5) is 13.2 Å². The molecule has 5 heteroatoms. The third-order valence-electron chi connectivity index (χ3n) is 3.38. The lowest BCUT2D eigenvalue weighted by atomic mass is 10.1. The molecule has 1 unspecified atom stereocenters. The first-order chi connectivity index (χ1) is 9.98. The molecule has 1 N–H and O–H groups in total. The highest BCUT2D eigenvalue weighted by Crippen LogP contribution is 2.36. The van der Waals surface area contributed by atoms with Gasteiger partial charge in [0.2, 0.25) is 6.23 Å². The van der Waals surface area contributed by atoms with Crippen molar-refractivity contribution in [3.63, 3.8) is 0 Å². The molecule has 0 saturated heterocycles. The lowest BCUT2D eigenvalue weighted by molar-refractivity contribution is -0.230. The minimum absolute atomic E-state index is 0.348. The van der Waals surface area contributed by atoms with Crippen LogP contribution in [0.1, 0.15) is 6.23 Å². The van der Waals surface area contributed by atoms with Crippen molar-refractivity contribution >= 4 is 10.9 Å². The van der Waals surface area contributed by atoms with Crippen LogP contribution >= 0.6 is 0 Å². The van der Waals surface area contributed by atoms with Crippen molar-refractivity contribution in [1.82, 2.24) is 4.57 Å². The number of rotatable bonds is 2. The van der Waals surface area contributed by atoms with Gasteiger partial charge in [0.15, 0.2) is 0 Å². The number of halogens is 3. The van der Waals surface area contributed by atoms with E-state index in [0.29, 0.717) is 16.5 Å². The van der Waals surface area contributed by atoms with Gasteiger partial charge in [-0.25, -0.2) is 0 Å². The van der Waals surface area contributed by atoms with E-state index < -0.39 is 12.4 Å². The Morgan fingerprint density at radius 3 is 2.19 bits per heavy atom. The summed E-state index contributed by atoms with van der Waals surface area (Å²) in [5.74, 6) is 0. The number of hydrogen-bond acceptors (Lipinski definition) is 1. The van der Waals surface area contributed by atoms with Crippen LogP contribution in [0, 0.1) is 0 Å². The van der Waals surface area contributed by atoms with E-state index >= 15 is 0 Å². The Labute approximate surface area is 119 Å². The van der Waals surface area contributed by atoms with Crippen LogP contribution in [0.5, 0.6) is 0 Å². The fourth-order valence-electron chi connectivity index (χ4n) is 2.41. The summed E-state index contributed by atoms with van der Waals surface area (Å²) < 4.78 is 39.3. The Morgan fingerprint density at radius 2 is 1.52 bits per heavy atom. The van der Waals surface area contributed by atoms with Crippen molar-refractivity contribution in [2.45, 2.75) is 12.4 Å². The molecule has 0 spiro atoms. The summed E-state index contributed by atoms with van der Waals surface area (Å²) in [7, 11) is 0. The molecule has 108 valence electrons. The monoisotopic (exact) mass is 291 g/mol. The zero-order valence-corrected chi connectivity index (χ0v) is 10.9. The van der Waals surface area contributed by atoms with E-state index in [-0.39, 0.29) is 0 Å². The van der Waals surface area contributed by atoms with Crippen LogP contribution in [-0.4, -0.2) is 15.8 Å². The van der Waals surface area contributed by atoms with Gasteiger partial charge in [0.05, 0.1) is 5.52 Å². The third kappa shape index (κ3) is 2.40. The molecule has 0 amide bonds. The van der Waals surface area contributed by atoms with Gasteiger partial charge < -0.3 is 9.67 Å². The first-order valence-electron chi connectivity index (χ1n) is 6.38. The normalized spacial score (nSPS) is 13.5. The van der Waals surface area contributed by atoms with Crippen molar-refractivity contribution in [3.8, 4) is 11.1 Å². The van der Waals surface area contributed by atoms with Crippen molar-refractivity contribution in [2.75, 3.05) is 0 Å². The molecule has 1 heterocycles. The van der Waals surface area contributed by atoms with E-state index in [1.807, 2.05) is 30.3 Å². The smallest absolute Gasteiger partial charge is 0.366 e. The van der Waals surface area contributed by atoms with E-state index in [4.69, 9.17) is 0 Å². The number of hydrogen-bond donors (Lipinski definition) is 1. The van der Waals surface area contributed by atoms with E-state index in [0.717, 1.165) is 10.1 Å². The van der Waals surface area contributed by atoms with E-state index in [1.165, 1.54) is 6.20 Å². The summed E-state index contributed by atoms with van der Waals surface area (Å²) >= 11 is 0. The Hall–Kier alpha value is -2.27. The van der Waals surface area contributed by atoms with E-state index in [1.54, 1.807) is 24.3 Å². The predicted octanol–water partition coefficient (Wildman–Crippen LogP) is 4.36. The van der Waals surface area contributed by atoms with Gasteiger partial charge in [0.1, 0.15) is 0 Å². The molecule has 1 atom stereocenters. The Kier molecular flexibility index (Phi) is 3.22. The van der Waals surface area contributed by atoms with Crippen LogP contribution in [-0.2, 0) is 0 Å². The third-order valence-corrected chi connectivity index (χ3v) is 3.38. The fraction of sp³-hybridized carbons (Fsp3) is 0.125. The molecule has 0 aliphatic rings. The number of aromatic nitrogens is 1. The maximum Gasteiger partial charge on any atom is 0.433 e. The SMILES string of the molecule is OC(n1cc(-c2ccccc2)c2ccccc21)C(F)(F)F. The molecule has 0 aliphatic carbocycles. The molecule has 3 rings (SSSR count). The zero-order valence-electron chi connectivity index (χ0n) is 10.9. The van der Waals surface area contributed by atoms with Crippen molar-refractivity contribution in [3.05, 3.63) is 60.8 Å². The molecular formula is C16H12F3NO. The van der Waals surface area contributed by atoms with Gasteiger partial charge in [-0.1, -0.05) is 48.5 Å². The summed E-state index contributed by atoms with van der Waals surface area (Å²) in [4.78, 5) is 0. The number of aliphatic hydroxyl groups excluding tert-OH is 1. The van der Waals surface area contributed by atoms with Crippen molar-refractivity contribution < 1.29 is 18.3 Å². The average molecular weight is 291 g/mol. The Bertz CT molecular complexity index is 762. The van der Waals surface area contributed by atoms with Gasteiger partial charge in [0, 0.05) is 17.1 Å². The quantitative estimate of drug-likeness (QED) is 0.745. The lowest BCUT2D eigenvalue weighted by Crippen LogP contribution is -2.25. The molecule has 0 fully saturated rings. The number of aliphatic hydroxyl groups is 1. The average Bonchev–Trinajstić information content (AvgIpc) is 2.86. The first kappa shape index (κ1) is 13.7. The second-order valence-corrected chi connectivity index (χ2v) is 4.75. The Balaban J connectivity index is 2.24. The number of benzene rings is 2. The highest BCUT2D eigenvalue weighted by atomic mass is 19.4. The van der Waals surface area contributed by atoms with Crippen LogP contribution in [0.3, 0.4) is 0 Å². The van der Waals surface area contributed by atoms with Crippen LogP contribution in [0.25, 0.3) is 22.0 Å². The number of nitrogens with zero attached hydrogens (tertiary/aromatic N) is 1. The van der Waals surface area contributed by atoms with Crippen molar-refractivity contribution in [1.29, 1.82) is 0 Å². The summed E-state index contributed by atoms with van der Waals surface area (Å²) in [5, 5.41) is 10.2. The number of alkyl halides is 3. The minimum Gasteiger partial charge on any atom is -0.366 e. The van der Waals surface area contributed by atoms with Gasteiger partial charge in [-0.3, -0.25) is 0 Å². The molecular weight excluding hydrogens is 279 g/mol. The second kappa shape index (κ2) is 4.93. The van der Waals surface area contributed by atoms with Gasteiger partial charge in [-0.15, -0.1) is 0 Å². The van der Waals surface area contributed by atoms with E-state index in [2.05, 4.69) is 0 Å². The summed E-state index contributed by atoms with van der Waals surface area (Å²) in [6.45, 7) is 0. The highest BCUT2D eigenvalue weighted by molar-refractivity contribution is 5.96. The largest absolute Gasteiger partial charge is 0.433 e. The Morgan fingerprint density at radius 1 is 0.905 bits per heavy atom. The van der Waals surface area contributed by atoms with Crippen LogP contribution < -0.4 is 0 Å². The van der Waals surface area contributed by atoms with Crippen molar-refractivity contribution in [2.24, 2.45) is 0 Å². The topological polar surface area (TPSA) is 25.2 Å². The first-order valence-corrected chi connectivity index (χ1v) is 6.38. The summed E-state index contributed by atoms with van der Waals surface area (Å²) in [6.07, 6.45) is -5.92. The molecule has 0 saturated carbocycles. The van der Waals surface area contributed by atoms with E-state index in [9.17, 15) is 18.3 Å². The zero-order chi connectivity index (χ0) is 15.0. The van der Waals surface area contributed by atoms with Crippen LogP contribution in [0.15, 0.2) is 60.8 Å². The second-order valence-electron chi connectivity index (χ2n) is 4.75. The lowest BCUT2D eigenvalue weighted by Gasteiger charge is -2.17. The van der Waals surface area contributed by atoms with Gasteiger partial charge in [-0.2, -0.15) is 13.2 Å². The predicted molar refractivity (Wildman–Crippen MR) is 74.7 cm³/mol. The van der Waals surface area contributed by atoms with Gasteiger partial charge in [0.25, 0.3) is 0 Å². The van der Waals surface area contributed by atoms with Gasteiger partial charge >= 0.3 is 6.18 Å². The maximum absolute atomic E-state index is 12.8. The molecule has 0 bridgehead atoms. The highest BCUT2D eigenvalue weighted by Gasteiger charge is 2.40. The number of fused-ring (bicyclic) bond motifs is 1. The summed E-state index contributed by atoms with van der Waals surface area (Å²) in [5.41, 5.74) is 1.82. The standard InChI is InChI=1S/C16H12F3NO/c17-16(18,19)15(21)20-10-13(11-6-2-1-3-7-11)12-8-4-5-9-14(12)20/h1-10,15,21H.